The quantitative estimate of drug-likeness (QED) is 0.517. The van der Waals surface area contributed by atoms with Gasteiger partial charge in [0.05, 0.1) is 7.11 Å². The van der Waals surface area contributed by atoms with E-state index in [0.29, 0.717) is 19.5 Å². The number of likely N-dealkylation sites (tertiary alicyclic amines) is 1. The molecule has 0 atom stereocenters. The van der Waals surface area contributed by atoms with E-state index in [-0.39, 0.29) is 11.8 Å². The second-order valence-corrected chi connectivity index (χ2v) is 3.63. The van der Waals surface area contributed by atoms with Gasteiger partial charge in [-0.05, 0) is 6.42 Å². The van der Waals surface area contributed by atoms with E-state index in [1.54, 1.807) is 4.90 Å². The fraction of sp³-hybridized carbons (Fsp3) is 0.545. The molecule has 1 heterocycles. The molecule has 0 spiro atoms. The molecule has 1 fully saturated rings. The number of esters is 1. The Morgan fingerprint density at radius 3 is 2.82 bits per heavy atom. The first-order valence-electron chi connectivity index (χ1n) is 5.45. The molecule has 6 nitrogen and oxygen atoms in total. The predicted octanol–water partition coefficient (Wildman–Crippen LogP) is -0.546. The summed E-state index contributed by atoms with van der Waals surface area (Å²) in [6.07, 6.45) is 3.64. The molecule has 1 aliphatic heterocycles. The molecule has 0 aromatic carbocycles. The normalized spacial score (nSPS) is 15.4. The first-order valence-corrected chi connectivity index (χ1v) is 5.45. The van der Waals surface area contributed by atoms with Crippen molar-refractivity contribution >= 4 is 17.8 Å². The van der Waals surface area contributed by atoms with Gasteiger partial charge in [0.1, 0.15) is 0 Å². The number of hydrogen-bond acceptors (Lipinski definition) is 4. The summed E-state index contributed by atoms with van der Waals surface area (Å²) in [4.78, 5) is 34.9. The van der Waals surface area contributed by atoms with Gasteiger partial charge in [-0.1, -0.05) is 0 Å². The lowest BCUT2D eigenvalue weighted by molar-refractivity contribution is -0.135. The Morgan fingerprint density at radius 1 is 1.47 bits per heavy atom. The van der Waals surface area contributed by atoms with Crippen molar-refractivity contribution in [3.05, 3.63) is 12.2 Å². The number of ether oxygens (including phenoxy) is 1. The van der Waals surface area contributed by atoms with Gasteiger partial charge >= 0.3 is 5.97 Å². The topological polar surface area (TPSA) is 75.7 Å². The molecule has 1 aliphatic rings. The van der Waals surface area contributed by atoms with Crippen molar-refractivity contribution < 1.29 is 19.1 Å². The lowest BCUT2D eigenvalue weighted by Crippen LogP contribution is -2.34. The van der Waals surface area contributed by atoms with Crippen LogP contribution in [-0.2, 0) is 19.1 Å². The number of methoxy groups -OCH3 is 1. The summed E-state index contributed by atoms with van der Waals surface area (Å²) in [7, 11) is 1.24. The molecule has 17 heavy (non-hydrogen) atoms. The van der Waals surface area contributed by atoms with Crippen LogP contribution in [0.5, 0.6) is 0 Å². The van der Waals surface area contributed by atoms with Crippen LogP contribution in [-0.4, -0.2) is 49.4 Å². The molecule has 94 valence electrons. The second kappa shape index (κ2) is 6.67. The van der Waals surface area contributed by atoms with Crippen LogP contribution in [0.25, 0.3) is 0 Å². The predicted molar refractivity (Wildman–Crippen MR) is 60.0 cm³/mol. The van der Waals surface area contributed by atoms with Gasteiger partial charge in [-0.2, -0.15) is 0 Å². The van der Waals surface area contributed by atoms with E-state index in [4.69, 9.17) is 0 Å². The fourth-order valence-corrected chi connectivity index (χ4v) is 1.53. The molecule has 0 aromatic rings. The third-order valence-electron chi connectivity index (χ3n) is 2.42. The highest BCUT2D eigenvalue weighted by Gasteiger charge is 2.19. The summed E-state index contributed by atoms with van der Waals surface area (Å²) >= 11 is 0. The van der Waals surface area contributed by atoms with Crippen molar-refractivity contribution in [3.8, 4) is 0 Å². The Kier molecular flexibility index (Phi) is 5.19. The van der Waals surface area contributed by atoms with Crippen LogP contribution < -0.4 is 5.32 Å². The zero-order valence-corrected chi connectivity index (χ0v) is 9.77. The lowest BCUT2D eigenvalue weighted by atomic mass is 10.4. The van der Waals surface area contributed by atoms with Crippen LogP contribution in [0.15, 0.2) is 12.2 Å². The highest BCUT2D eigenvalue weighted by Crippen LogP contribution is 2.07. The van der Waals surface area contributed by atoms with Crippen LogP contribution in [0, 0.1) is 0 Å². The smallest absolute Gasteiger partial charge is 0.330 e. The highest BCUT2D eigenvalue weighted by atomic mass is 16.5. The maximum Gasteiger partial charge on any atom is 0.330 e. The zero-order valence-electron chi connectivity index (χ0n) is 9.77. The molecule has 2 amide bonds. The summed E-state index contributed by atoms with van der Waals surface area (Å²) in [6.45, 7) is 1.65. The summed E-state index contributed by atoms with van der Waals surface area (Å²) in [5.74, 6) is -0.818. The van der Waals surface area contributed by atoms with Gasteiger partial charge in [0.2, 0.25) is 11.8 Å². The van der Waals surface area contributed by atoms with E-state index in [1.807, 2.05) is 0 Å². The van der Waals surface area contributed by atoms with Crippen molar-refractivity contribution in [2.75, 3.05) is 26.7 Å². The Hall–Kier alpha value is -1.85. The molecule has 1 saturated heterocycles. The molecular formula is C11H16N2O4. The Balaban J connectivity index is 2.18. The number of hydrogen-bond donors (Lipinski definition) is 1. The van der Waals surface area contributed by atoms with Gasteiger partial charge in [0, 0.05) is 38.2 Å². The third kappa shape index (κ3) is 4.67. The van der Waals surface area contributed by atoms with E-state index in [9.17, 15) is 14.4 Å². The van der Waals surface area contributed by atoms with Gasteiger partial charge < -0.3 is 15.0 Å². The maximum absolute atomic E-state index is 11.2. The number of carbonyl (C=O) groups is 3. The van der Waals surface area contributed by atoms with E-state index in [2.05, 4.69) is 10.1 Å². The van der Waals surface area contributed by atoms with Crippen LogP contribution in [0.2, 0.25) is 0 Å². The van der Waals surface area contributed by atoms with E-state index >= 15 is 0 Å². The summed E-state index contributed by atoms with van der Waals surface area (Å²) in [5.41, 5.74) is 0. The van der Waals surface area contributed by atoms with Gasteiger partial charge in [0.15, 0.2) is 0 Å². The zero-order chi connectivity index (χ0) is 12.7. The van der Waals surface area contributed by atoms with E-state index in [0.717, 1.165) is 25.1 Å². The molecule has 6 heteroatoms. The molecule has 1 N–H and O–H groups in total. The van der Waals surface area contributed by atoms with Gasteiger partial charge in [-0.15, -0.1) is 0 Å². The van der Waals surface area contributed by atoms with Crippen LogP contribution in [0.4, 0.5) is 0 Å². The molecule has 0 radical (unpaired) electrons. The average molecular weight is 240 g/mol. The Bertz CT molecular complexity index is 338. The van der Waals surface area contributed by atoms with Gasteiger partial charge in [0.25, 0.3) is 0 Å². The third-order valence-corrected chi connectivity index (χ3v) is 2.42. The molecule has 0 unspecified atom stereocenters. The van der Waals surface area contributed by atoms with Gasteiger partial charge in [-0.3, -0.25) is 9.59 Å². The lowest BCUT2D eigenvalue weighted by Gasteiger charge is -2.14. The summed E-state index contributed by atoms with van der Waals surface area (Å²) < 4.78 is 4.34. The minimum Gasteiger partial charge on any atom is -0.466 e. The van der Waals surface area contributed by atoms with Gasteiger partial charge in [-0.25, -0.2) is 4.79 Å². The van der Waals surface area contributed by atoms with Crippen molar-refractivity contribution in [1.29, 1.82) is 0 Å². The van der Waals surface area contributed by atoms with Crippen molar-refractivity contribution in [2.24, 2.45) is 0 Å². The van der Waals surface area contributed by atoms with Crippen molar-refractivity contribution in [2.45, 2.75) is 12.8 Å². The van der Waals surface area contributed by atoms with Crippen molar-refractivity contribution in [1.82, 2.24) is 10.2 Å². The minimum atomic E-state index is -0.574. The molecule has 0 saturated carbocycles. The fourth-order valence-electron chi connectivity index (χ4n) is 1.53. The molecule has 0 aliphatic carbocycles. The first-order chi connectivity index (χ1) is 8.13. The molecule has 0 bridgehead atoms. The van der Waals surface area contributed by atoms with Crippen LogP contribution in [0.1, 0.15) is 12.8 Å². The van der Waals surface area contributed by atoms with E-state index < -0.39 is 5.97 Å². The van der Waals surface area contributed by atoms with E-state index in [1.165, 1.54) is 7.11 Å². The number of carbonyl (C=O) groups excluding carboxylic acids is 3. The second-order valence-electron chi connectivity index (χ2n) is 3.63. The maximum atomic E-state index is 11.2. The number of amides is 2. The van der Waals surface area contributed by atoms with Crippen LogP contribution >= 0.6 is 0 Å². The Morgan fingerprint density at radius 2 is 2.24 bits per heavy atom. The molecule has 1 rings (SSSR count). The SMILES string of the molecule is COC(=O)/C=C\C(=O)NCCN1CCCC1=O. The summed E-state index contributed by atoms with van der Waals surface area (Å²) in [6, 6.07) is 0. The minimum absolute atomic E-state index is 0.129. The molecular weight excluding hydrogens is 224 g/mol. The Labute approximate surface area is 99.6 Å². The number of rotatable bonds is 5. The highest BCUT2D eigenvalue weighted by molar-refractivity contribution is 5.94. The van der Waals surface area contributed by atoms with Crippen LogP contribution in [0.3, 0.4) is 0 Å². The first kappa shape index (κ1) is 13.2. The number of nitrogens with one attached hydrogen (secondary N) is 1. The standard InChI is InChI=1S/C11H16N2O4/c1-17-11(16)5-4-9(14)12-6-8-13-7-2-3-10(13)15/h4-5H,2-3,6-8H2,1H3,(H,12,14)/b5-4-. The monoisotopic (exact) mass is 240 g/mol. The number of nitrogens with zero attached hydrogens (tertiary/aromatic N) is 1. The summed E-state index contributed by atoms with van der Waals surface area (Å²) in [5, 5.41) is 2.58. The molecule has 0 aromatic heterocycles. The largest absolute Gasteiger partial charge is 0.466 e. The average Bonchev–Trinajstić information content (AvgIpc) is 2.72. The van der Waals surface area contributed by atoms with Crippen molar-refractivity contribution in [3.63, 3.8) is 0 Å².